The number of rotatable bonds is 6. The van der Waals surface area contributed by atoms with Crippen molar-refractivity contribution >= 4 is 27.6 Å². The third-order valence-electron chi connectivity index (χ3n) is 7.44. The van der Waals surface area contributed by atoms with E-state index in [1.807, 2.05) is 19.1 Å². The van der Waals surface area contributed by atoms with Crippen molar-refractivity contribution < 1.29 is 32.7 Å². The minimum atomic E-state index is -3.86. The van der Waals surface area contributed by atoms with Crippen molar-refractivity contribution in [2.24, 2.45) is 5.41 Å². The summed E-state index contributed by atoms with van der Waals surface area (Å²) in [6.45, 7) is 3.50. The van der Waals surface area contributed by atoms with Gasteiger partial charge in [0.25, 0.3) is 5.91 Å². The lowest BCUT2D eigenvalue weighted by molar-refractivity contribution is -0.141. The van der Waals surface area contributed by atoms with Crippen molar-refractivity contribution in [3.05, 3.63) is 41.0 Å². The molecule has 0 unspecified atom stereocenters. The molecular weight excluding hydrogens is 500 g/mol. The van der Waals surface area contributed by atoms with Crippen LogP contribution in [0.15, 0.2) is 24.3 Å². The van der Waals surface area contributed by atoms with Gasteiger partial charge in [-0.2, -0.15) is 9.57 Å². The molecule has 2 fully saturated rings. The lowest BCUT2D eigenvalue weighted by Crippen LogP contribution is -2.54. The maximum Gasteiger partial charge on any atom is 0.410 e. The number of nitrogens with zero attached hydrogens (tertiary/aromatic N) is 3. The van der Waals surface area contributed by atoms with Gasteiger partial charge in [0.1, 0.15) is 6.10 Å². The lowest BCUT2D eigenvalue weighted by Gasteiger charge is -2.40. The number of carbonyl (C=O) groups excluding carboxylic acids is 2. The topological polar surface area (TPSA) is 149 Å². The van der Waals surface area contributed by atoms with E-state index in [-0.39, 0.29) is 45.1 Å². The Kier molecular flexibility index (Phi) is 8.18. The first-order chi connectivity index (χ1) is 17.7. The molecule has 1 atom stereocenters. The zero-order chi connectivity index (χ0) is 26.6. The van der Waals surface area contributed by atoms with E-state index >= 15 is 0 Å². The Bertz CT molecular complexity index is 1210. The van der Waals surface area contributed by atoms with Gasteiger partial charge in [-0.3, -0.25) is 10.0 Å². The van der Waals surface area contributed by atoms with E-state index in [4.69, 9.17) is 14.7 Å². The Balaban J connectivity index is 1.42. The Hall–Kier alpha value is -2.98. The summed E-state index contributed by atoms with van der Waals surface area (Å²) in [4.78, 5) is 26.7. The Morgan fingerprint density at radius 3 is 2.62 bits per heavy atom. The van der Waals surface area contributed by atoms with Crippen LogP contribution >= 0.6 is 0 Å². The van der Waals surface area contributed by atoms with Crippen molar-refractivity contribution in [2.45, 2.75) is 38.7 Å². The van der Waals surface area contributed by atoms with E-state index in [0.29, 0.717) is 31.6 Å². The van der Waals surface area contributed by atoms with Crippen LogP contribution in [-0.4, -0.2) is 86.1 Å². The fourth-order valence-electron chi connectivity index (χ4n) is 5.18. The van der Waals surface area contributed by atoms with Gasteiger partial charge in [-0.1, -0.05) is 12.1 Å². The average molecular weight is 533 g/mol. The first kappa shape index (κ1) is 27.1. The van der Waals surface area contributed by atoms with E-state index in [9.17, 15) is 23.2 Å². The summed E-state index contributed by atoms with van der Waals surface area (Å²) < 4.78 is 38.8. The first-order valence-electron chi connectivity index (χ1n) is 12.3. The van der Waals surface area contributed by atoms with Crippen molar-refractivity contribution in [1.82, 2.24) is 14.7 Å². The molecule has 0 saturated carbocycles. The van der Waals surface area contributed by atoms with Gasteiger partial charge >= 0.3 is 6.09 Å². The van der Waals surface area contributed by atoms with Gasteiger partial charge in [0.2, 0.25) is 10.0 Å². The minimum absolute atomic E-state index is 0.0776. The Labute approximate surface area is 216 Å². The molecule has 2 saturated heterocycles. The highest BCUT2D eigenvalue weighted by molar-refractivity contribution is 7.89. The van der Waals surface area contributed by atoms with E-state index < -0.39 is 33.2 Å². The molecule has 3 heterocycles. The molecule has 0 aliphatic carbocycles. The smallest absolute Gasteiger partial charge is 0.410 e. The number of sulfonamides is 1. The highest BCUT2D eigenvalue weighted by atomic mass is 32.2. The SMILES string of the molecule is Cc1cc(C#N)ccc1C1=CCN(S(=O)(=O)CC2(C(=O)NO)CCN(C(=O)O[C@H]3CCOC3)CC2)CC1. The molecule has 37 heavy (non-hydrogen) atoms. The van der Waals surface area contributed by atoms with E-state index in [2.05, 4.69) is 6.07 Å². The number of benzene rings is 1. The number of hydrogen-bond donors (Lipinski definition) is 2. The standard InChI is InChI=1S/C25H32N4O7S/c1-18-14-19(15-26)2-3-22(18)20-4-9-29(10-5-20)37(33,34)17-25(23(30)27-32)7-11-28(12-8-25)24(31)36-21-6-13-35-16-21/h2-4,14,21,32H,5-13,16-17H2,1H3,(H,27,30)/t21-/m0/s1. The number of hydroxylamine groups is 1. The average Bonchev–Trinajstić information content (AvgIpc) is 3.41. The molecule has 3 aliphatic heterocycles. The van der Waals surface area contributed by atoms with Crippen LogP contribution in [0.2, 0.25) is 0 Å². The Morgan fingerprint density at radius 2 is 2.05 bits per heavy atom. The zero-order valence-electron chi connectivity index (χ0n) is 20.8. The zero-order valence-corrected chi connectivity index (χ0v) is 21.6. The molecule has 1 aromatic carbocycles. The second-order valence-electron chi connectivity index (χ2n) is 9.81. The number of amides is 2. The maximum atomic E-state index is 13.4. The van der Waals surface area contributed by atoms with E-state index in [1.165, 1.54) is 9.21 Å². The summed E-state index contributed by atoms with van der Waals surface area (Å²) in [6.07, 6.45) is 2.33. The van der Waals surface area contributed by atoms with Crippen LogP contribution in [0.3, 0.4) is 0 Å². The van der Waals surface area contributed by atoms with Gasteiger partial charge in [0, 0.05) is 32.6 Å². The van der Waals surface area contributed by atoms with Gasteiger partial charge < -0.3 is 14.4 Å². The third-order valence-corrected chi connectivity index (χ3v) is 9.48. The molecule has 2 N–H and O–H groups in total. The highest BCUT2D eigenvalue weighted by Gasteiger charge is 2.47. The predicted octanol–water partition coefficient (Wildman–Crippen LogP) is 1.80. The van der Waals surface area contributed by atoms with Gasteiger partial charge in [0.15, 0.2) is 0 Å². The quantitative estimate of drug-likeness (QED) is 0.416. The molecule has 12 heteroatoms. The number of piperidine rings is 1. The molecule has 4 rings (SSSR count). The number of nitriles is 1. The van der Waals surface area contributed by atoms with Crippen LogP contribution in [0.1, 0.15) is 42.4 Å². The van der Waals surface area contributed by atoms with Crippen molar-refractivity contribution in [2.75, 3.05) is 45.1 Å². The summed E-state index contributed by atoms with van der Waals surface area (Å²) in [5.74, 6) is -1.24. The second kappa shape index (κ2) is 11.2. The summed E-state index contributed by atoms with van der Waals surface area (Å²) in [7, 11) is -3.86. The summed E-state index contributed by atoms with van der Waals surface area (Å²) >= 11 is 0. The highest BCUT2D eigenvalue weighted by Crippen LogP contribution is 2.36. The summed E-state index contributed by atoms with van der Waals surface area (Å²) in [6, 6.07) is 7.54. The van der Waals surface area contributed by atoms with Crippen LogP contribution in [0.5, 0.6) is 0 Å². The predicted molar refractivity (Wildman–Crippen MR) is 133 cm³/mol. The molecule has 0 aromatic heterocycles. The van der Waals surface area contributed by atoms with Crippen molar-refractivity contribution in [3.8, 4) is 6.07 Å². The molecule has 200 valence electrons. The molecule has 2 amide bonds. The van der Waals surface area contributed by atoms with E-state index in [0.717, 1.165) is 16.7 Å². The molecule has 0 bridgehead atoms. The molecule has 0 spiro atoms. The van der Waals surface area contributed by atoms with Crippen LogP contribution in [-0.2, 0) is 24.3 Å². The first-order valence-corrected chi connectivity index (χ1v) is 13.9. The number of carbonyl (C=O) groups is 2. The largest absolute Gasteiger partial charge is 0.444 e. The molecule has 3 aliphatic rings. The lowest BCUT2D eigenvalue weighted by atomic mass is 9.79. The number of ether oxygens (including phenoxy) is 2. The van der Waals surface area contributed by atoms with Gasteiger partial charge in [0.05, 0.1) is 36.0 Å². The fraction of sp³-hybridized carbons (Fsp3) is 0.560. The van der Waals surface area contributed by atoms with Gasteiger partial charge in [-0.15, -0.1) is 0 Å². The maximum absolute atomic E-state index is 13.4. The monoisotopic (exact) mass is 532 g/mol. The van der Waals surface area contributed by atoms with Crippen molar-refractivity contribution in [3.63, 3.8) is 0 Å². The van der Waals surface area contributed by atoms with E-state index in [1.54, 1.807) is 17.6 Å². The van der Waals surface area contributed by atoms with Crippen molar-refractivity contribution in [1.29, 1.82) is 5.26 Å². The van der Waals surface area contributed by atoms with Crippen LogP contribution < -0.4 is 5.48 Å². The summed E-state index contributed by atoms with van der Waals surface area (Å²) in [5.41, 5.74) is 3.79. The van der Waals surface area contributed by atoms with Gasteiger partial charge in [-0.25, -0.2) is 18.7 Å². The molecule has 11 nitrogen and oxygen atoms in total. The fourth-order valence-corrected chi connectivity index (χ4v) is 7.15. The van der Waals surface area contributed by atoms with Crippen LogP contribution in [0, 0.1) is 23.7 Å². The van der Waals surface area contributed by atoms with Gasteiger partial charge in [-0.05, 0) is 55.0 Å². The number of nitrogens with one attached hydrogen (secondary N) is 1. The van der Waals surface area contributed by atoms with Crippen LogP contribution in [0.25, 0.3) is 5.57 Å². The third kappa shape index (κ3) is 5.96. The minimum Gasteiger partial charge on any atom is -0.444 e. The normalized spacial score (nSPS) is 22.1. The molecule has 0 radical (unpaired) electrons. The van der Waals surface area contributed by atoms with Crippen LogP contribution in [0.4, 0.5) is 4.79 Å². The Morgan fingerprint density at radius 1 is 1.30 bits per heavy atom. The second-order valence-corrected chi connectivity index (χ2v) is 11.8. The number of aryl methyl sites for hydroxylation is 1. The summed E-state index contributed by atoms with van der Waals surface area (Å²) in [5, 5.41) is 18.5. The molecule has 1 aromatic rings. The number of likely N-dealkylation sites (tertiary alicyclic amines) is 1. The number of hydrogen-bond acceptors (Lipinski definition) is 8. The molecular formula is C25H32N4O7S.